The highest BCUT2D eigenvalue weighted by atomic mass is 16.5. The summed E-state index contributed by atoms with van der Waals surface area (Å²) in [4.78, 5) is 4.44. The topological polar surface area (TPSA) is 64.9 Å². The third kappa shape index (κ3) is 7.60. The van der Waals surface area contributed by atoms with E-state index in [9.17, 15) is 0 Å². The molecule has 0 aliphatic heterocycles. The quantitative estimate of drug-likeness (QED) is 0.523. The summed E-state index contributed by atoms with van der Waals surface area (Å²) in [5, 5.41) is 4.14. The number of unbranched alkanes of at least 4 members (excludes halogenated alkanes) is 7. The van der Waals surface area contributed by atoms with E-state index in [1.807, 2.05) is 0 Å². The SMILES string of the molecule is CCCCCCCC(CCCCCC)c1noc(CN)n1. The molecule has 0 aliphatic carbocycles. The van der Waals surface area contributed by atoms with E-state index in [1.54, 1.807) is 0 Å². The van der Waals surface area contributed by atoms with Crippen LogP contribution in [0, 0.1) is 0 Å². The highest BCUT2D eigenvalue weighted by molar-refractivity contribution is 4.95. The second-order valence-corrected chi connectivity index (χ2v) is 6.00. The molecule has 0 saturated carbocycles. The van der Waals surface area contributed by atoms with E-state index >= 15 is 0 Å². The molecular formula is C17H33N3O. The van der Waals surface area contributed by atoms with Gasteiger partial charge in [-0.2, -0.15) is 4.98 Å². The maximum atomic E-state index is 5.56. The second-order valence-electron chi connectivity index (χ2n) is 6.00. The summed E-state index contributed by atoms with van der Waals surface area (Å²) in [7, 11) is 0. The summed E-state index contributed by atoms with van der Waals surface area (Å²) >= 11 is 0. The lowest BCUT2D eigenvalue weighted by atomic mass is 9.94. The van der Waals surface area contributed by atoms with Gasteiger partial charge in [0.2, 0.25) is 5.89 Å². The zero-order valence-corrected chi connectivity index (χ0v) is 13.9. The van der Waals surface area contributed by atoms with Crippen molar-refractivity contribution in [3.63, 3.8) is 0 Å². The van der Waals surface area contributed by atoms with Gasteiger partial charge in [-0.25, -0.2) is 0 Å². The van der Waals surface area contributed by atoms with E-state index in [1.165, 1.54) is 70.6 Å². The number of nitrogens with two attached hydrogens (primary N) is 1. The Morgan fingerprint density at radius 3 is 2.00 bits per heavy atom. The van der Waals surface area contributed by atoms with Crippen molar-refractivity contribution in [1.82, 2.24) is 10.1 Å². The van der Waals surface area contributed by atoms with Crippen LogP contribution in [0.4, 0.5) is 0 Å². The summed E-state index contributed by atoms with van der Waals surface area (Å²) in [5.41, 5.74) is 5.56. The Kier molecular flexibility index (Phi) is 10.1. The Morgan fingerprint density at radius 2 is 1.48 bits per heavy atom. The van der Waals surface area contributed by atoms with Gasteiger partial charge in [-0.15, -0.1) is 0 Å². The summed E-state index contributed by atoms with van der Waals surface area (Å²) in [6.07, 6.45) is 14.1. The van der Waals surface area contributed by atoms with Gasteiger partial charge in [0, 0.05) is 5.92 Å². The molecule has 122 valence electrons. The van der Waals surface area contributed by atoms with Crippen LogP contribution in [0.1, 0.15) is 102 Å². The summed E-state index contributed by atoms with van der Waals surface area (Å²) < 4.78 is 5.18. The Bertz CT molecular complexity index is 352. The van der Waals surface area contributed by atoms with E-state index in [0.717, 1.165) is 5.82 Å². The lowest BCUT2D eigenvalue weighted by Gasteiger charge is -2.12. The average Bonchev–Trinajstić information content (AvgIpc) is 2.98. The monoisotopic (exact) mass is 295 g/mol. The normalized spacial score (nSPS) is 12.7. The number of nitrogens with zero attached hydrogens (tertiary/aromatic N) is 2. The molecular weight excluding hydrogens is 262 g/mol. The molecule has 1 atom stereocenters. The fourth-order valence-corrected chi connectivity index (χ4v) is 2.73. The Labute approximate surface area is 129 Å². The van der Waals surface area contributed by atoms with E-state index in [4.69, 9.17) is 10.3 Å². The minimum absolute atomic E-state index is 0.339. The van der Waals surface area contributed by atoms with Crippen LogP contribution < -0.4 is 5.73 Å². The molecule has 0 aromatic carbocycles. The van der Waals surface area contributed by atoms with Gasteiger partial charge in [0.15, 0.2) is 5.82 Å². The average molecular weight is 295 g/mol. The molecule has 21 heavy (non-hydrogen) atoms. The Hall–Kier alpha value is -0.900. The van der Waals surface area contributed by atoms with Crippen molar-refractivity contribution in [2.24, 2.45) is 5.73 Å². The van der Waals surface area contributed by atoms with Crippen molar-refractivity contribution < 1.29 is 4.52 Å². The van der Waals surface area contributed by atoms with E-state index in [-0.39, 0.29) is 0 Å². The van der Waals surface area contributed by atoms with Crippen LogP contribution in [0.2, 0.25) is 0 Å². The highest BCUT2D eigenvalue weighted by Crippen LogP contribution is 2.26. The molecule has 1 rings (SSSR count). The van der Waals surface area contributed by atoms with Crippen molar-refractivity contribution in [3.05, 3.63) is 11.7 Å². The standard InChI is InChI=1S/C17H33N3O/c1-3-5-7-9-11-13-15(12-10-8-6-4-2)17-19-16(14-18)21-20-17/h15H,3-14,18H2,1-2H3. The van der Waals surface area contributed by atoms with Crippen molar-refractivity contribution in [2.45, 2.75) is 96.9 Å². The molecule has 1 aromatic heterocycles. The molecule has 0 amide bonds. The van der Waals surface area contributed by atoms with Crippen LogP contribution in [0.15, 0.2) is 4.52 Å². The lowest BCUT2D eigenvalue weighted by molar-refractivity contribution is 0.365. The molecule has 4 heteroatoms. The largest absolute Gasteiger partial charge is 0.338 e. The molecule has 4 nitrogen and oxygen atoms in total. The fraction of sp³-hybridized carbons (Fsp3) is 0.882. The Morgan fingerprint density at radius 1 is 0.905 bits per heavy atom. The minimum atomic E-state index is 0.339. The lowest BCUT2D eigenvalue weighted by Crippen LogP contribution is -2.03. The fourth-order valence-electron chi connectivity index (χ4n) is 2.73. The zero-order chi connectivity index (χ0) is 15.3. The molecule has 1 unspecified atom stereocenters. The minimum Gasteiger partial charge on any atom is -0.338 e. The highest BCUT2D eigenvalue weighted by Gasteiger charge is 2.17. The molecule has 0 radical (unpaired) electrons. The third-order valence-electron chi connectivity index (χ3n) is 4.09. The summed E-state index contributed by atoms with van der Waals surface area (Å²) in [5.74, 6) is 1.89. The molecule has 1 aromatic rings. The molecule has 1 heterocycles. The van der Waals surface area contributed by atoms with Gasteiger partial charge in [0.05, 0.1) is 6.54 Å². The maximum absolute atomic E-state index is 5.56. The predicted octanol–water partition coefficient (Wildman–Crippen LogP) is 4.94. The summed E-state index contributed by atoms with van der Waals surface area (Å²) in [6.45, 7) is 4.84. The first kappa shape index (κ1) is 18.1. The van der Waals surface area contributed by atoms with Crippen LogP contribution >= 0.6 is 0 Å². The first-order chi connectivity index (χ1) is 10.3. The van der Waals surface area contributed by atoms with Gasteiger partial charge in [-0.3, -0.25) is 0 Å². The maximum Gasteiger partial charge on any atom is 0.240 e. The van der Waals surface area contributed by atoms with Crippen molar-refractivity contribution >= 4 is 0 Å². The van der Waals surface area contributed by atoms with E-state index in [0.29, 0.717) is 18.4 Å². The number of rotatable bonds is 13. The van der Waals surface area contributed by atoms with Crippen molar-refractivity contribution in [1.29, 1.82) is 0 Å². The first-order valence-corrected chi connectivity index (χ1v) is 8.84. The predicted molar refractivity (Wildman–Crippen MR) is 87.1 cm³/mol. The van der Waals surface area contributed by atoms with Crippen molar-refractivity contribution in [3.8, 4) is 0 Å². The molecule has 0 saturated heterocycles. The van der Waals surface area contributed by atoms with Gasteiger partial charge < -0.3 is 10.3 Å². The second kappa shape index (κ2) is 11.7. The van der Waals surface area contributed by atoms with Gasteiger partial charge in [-0.1, -0.05) is 76.8 Å². The molecule has 0 bridgehead atoms. The van der Waals surface area contributed by atoms with Gasteiger partial charge in [-0.05, 0) is 12.8 Å². The van der Waals surface area contributed by atoms with Crippen LogP contribution in [0.25, 0.3) is 0 Å². The van der Waals surface area contributed by atoms with E-state index in [2.05, 4.69) is 24.0 Å². The number of aromatic nitrogens is 2. The molecule has 0 fully saturated rings. The van der Waals surface area contributed by atoms with Crippen LogP contribution in [0.5, 0.6) is 0 Å². The third-order valence-corrected chi connectivity index (χ3v) is 4.09. The van der Waals surface area contributed by atoms with Crippen LogP contribution in [-0.4, -0.2) is 10.1 Å². The van der Waals surface area contributed by atoms with Crippen LogP contribution in [-0.2, 0) is 6.54 Å². The van der Waals surface area contributed by atoms with E-state index < -0.39 is 0 Å². The Balaban J connectivity index is 2.41. The number of hydrogen-bond donors (Lipinski definition) is 1. The zero-order valence-electron chi connectivity index (χ0n) is 13.9. The summed E-state index contributed by atoms with van der Waals surface area (Å²) in [6, 6.07) is 0. The molecule has 0 aliphatic rings. The van der Waals surface area contributed by atoms with Crippen LogP contribution in [0.3, 0.4) is 0 Å². The smallest absolute Gasteiger partial charge is 0.240 e. The molecule has 0 spiro atoms. The number of hydrogen-bond acceptors (Lipinski definition) is 4. The van der Waals surface area contributed by atoms with Gasteiger partial charge in [0.25, 0.3) is 0 Å². The first-order valence-electron chi connectivity index (χ1n) is 8.84. The van der Waals surface area contributed by atoms with Gasteiger partial charge in [0.1, 0.15) is 0 Å². The van der Waals surface area contributed by atoms with Crippen molar-refractivity contribution in [2.75, 3.05) is 0 Å². The van der Waals surface area contributed by atoms with Gasteiger partial charge >= 0.3 is 0 Å². The molecule has 2 N–H and O–H groups in total.